The molecule has 0 aromatic carbocycles. The van der Waals surface area contributed by atoms with Crippen LogP contribution in [-0.4, -0.2) is 26.9 Å². The number of aromatic nitrogens is 2. The third kappa shape index (κ3) is 4.17. The van der Waals surface area contributed by atoms with E-state index in [1.54, 1.807) is 11.6 Å². The van der Waals surface area contributed by atoms with Crippen LogP contribution in [0.3, 0.4) is 0 Å². The Balaban J connectivity index is 1.43. The van der Waals surface area contributed by atoms with E-state index in [1.807, 2.05) is 21.6 Å². The van der Waals surface area contributed by atoms with E-state index in [2.05, 4.69) is 4.98 Å². The van der Waals surface area contributed by atoms with Gasteiger partial charge in [0.15, 0.2) is 0 Å². The number of nitrogens with zero attached hydrogens (tertiary/aromatic N) is 3. The molecule has 2 aliphatic rings. The van der Waals surface area contributed by atoms with Gasteiger partial charge in [0.05, 0.1) is 13.1 Å². The second-order valence-corrected chi connectivity index (χ2v) is 9.89. The Kier molecular flexibility index (Phi) is 5.73. The van der Waals surface area contributed by atoms with Gasteiger partial charge in [-0.1, -0.05) is 19.3 Å². The summed E-state index contributed by atoms with van der Waals surface area (Å²) in [4.78, 5) is 18.9. The van der Waals surface area contributed by atoms with Crippen molar-refractivity contribution in [2.45, 2.75) is 64.2 Å². The Morgan fingerprint density at radius 1 is 1.22 bits per heavy atom. The number of rotatable bonds is 4. The molecule has 1 amide bonds. The van der Waals surface area contributed by atoms with Crippen LogP contribution >= 0.6 is 11.3 Å². The molecular weight excluding hydrogens is 435 g/mol. The molecule has 0 spiro atoms. The Morgan fingerprint density at radius 2 is 2.03 bits per heavy atom. The highest BCUT2D eigenvalue weighted by molar-refractivity contribution is 7.10. The van der Waals surface area contributed by atoms with Crippen LogP contribution in [0.1, 0.15) is 60.2 Å². The van der Waals surface area contributed by atoms with Gasteiger partial charge in [-0.25, -0.2) is 4.98 Å². The number of pyridine rings is 1. The van der Waals surface area contributed by atoms with Gasteiger partial charge in [0.25, 0.3) is 0 Å². The van der Waals surface area contributed by atoms with Crippen molar-refractivity contribution < 1.29 is 18.0 Å². The van der Waals surface area contributed by atoms with Crippen LogP contribution in [0.2, 0.25) is 0 Å². The summed E-state index contributed by atoms with van der Waals surface area (Å²) in [5.74, 6) is 0.680. The number of alkyl halides is 3. The predicted octanol–water partition coefficient (Wildman–Crippen LogP) is 6.02. The van der Waals surface area contributed by atoms with E-state index in [0.717, 1.165) is 47.3 Å². The molecule has 0 bridgehead atoms. The number of halogens is 3. The summed E-state index contributed by atoms with van der Waals surface area (Å²) in [7, 11) is 0. The molecule has 3 aromatic rings. The van der Waals surface area contributed by atoms with Gasteiger partial charge in [-0.2, -0.15) is 13.2 Å². The first-order valence-electron chi connectivity index (χ1n) is 11.3. The van der Waals surface area contributed by atoms with Gasteiger partial charge in [0.1, 0.15) is 10.5 Å². The number of amides is 1. The quantitative estimate of drug-likeness (QED) is 0.477. The lowest BCUT2D eigenvalue weighted by Crippen LogP contribution is -2.37. The zero-order valence-electron chi connectivity index (χ0n) is 17.8. The van der Waals surface area contributed by atoms with Crippen molar-refractivity contribution in [1.82, 2.24) is 14.5 Å². The molecule has 32 heavy (non-hydrogen) atoms. The molecule has 1 aliphatic heterocycles. The second kappa shape index (κ2) is 8.54. The van der Waals surface area contributed by atoms with E-state index in [9.17, 15) is 18.0 Å². The van der Waals surface area contributed by atoms with Crippen LogP contribution in [0.4, 0.5) is 13.2 Å². The van der Waals surface area contributed by atoms with Crippen molar-refractivity contribution in [3.63, 3.8) is 0 Å². The van der Waals surface area contributed by atoms with Crippen molar-refractivity contribution in [1.29, 1.82) is 0 Å². The van der Waals surface area contributed by atoms with Gasteiger partial charge in [0, 0.05) is 30.2 Å². The molecule has 5 rings (SSSR count). The highest BCUT2D eigenvalue weighted by Gasteiger charge is 2.33. The standard InChI is InChI=1S/C24H26F3N3OS/c25-24(26,27)21-11-17(15-32-21)13-30-20-14-29(22(31)12-16-5-2-1-3-6-16)10-8-18(20)19-7-4-9-28-23(19)30/h4,7,9,11,15-16H,1-3,5-6,8,10,12-14H2. The summed E-state index contributed by atoms with van der Waals surface area (Å²) in [6.45, 7) is 1.50. The third-order valence-electron chi connectivity index (χ3n) is 6.83. The molecule has 8 heteroatoms. The largest absolute Gasteiger partial charge is 0.425 e. The van der Waals surface area contributed by atoms with Crippen LogP contribution in [0.5, 0.6) is 0 Å². The molecule has 170 valence electrons. The maximum absolute atomic E-state index is 13.1. The average Bonchev–Trinajstić information content (AvgIpc) is 3.38. The Morgan fingerprint density at radius 3 is 2.78 bits per heavy atom. The smallest absolute Gasteiger partial charge is 0.337 e. The zero-order valence-corrected chi connectivity index (χ0v) is 18.6. The molecule has 4 nitrogen and oxygen atoms in total. The van der Waals surface area contributed by atoms with Crippen LogP contribution in [0.15, 0.2) is 29.8 Å². The summed E-state index contributed by atoms with van der Waals surface area (Å²) >= 11 is 0.723. The summed E-state index contributed by atoms with van der Waals surface area (Å²) in [5.41, 5.74) is 3.56. The third-order valence-corrected chi connectivity index (χ3v) is 7.85. The van der Waals surface area contributed by atoms with E-state index in [1.165, 1.54) is 30.9 Å². The second-order valence-electron chi connectivity index (χ2n) is 8.98. The first-order valence-corrected chi connectivity index (χ1v) is 12.2. The fourth-order valence-electron chi connectivity index (χ4n) is 5.20. The zero-order chi connectivity index (χ0) is 22.3. The van der Waals surface area contributed by atoms with Gasteiger partial charge in [-0.3, -0.25) is 4.79 Å². The predicted molar refractivity (Wildman–Crippen MR) is 118 cm³/mol. The minimum atomic E-state index is -4.33. The Bertz CT molecular complexity index is 1130. The van der Waals surface area contributed by atoms with E-state index in [-0.39, 0.29) is 5.91 Å². The van der Waals surface area contributed by atoms with Gasteiger partial charge in [-0.15, -0.1) is 11.3 Å². The average molecular weight is 462 g/mol. The molecule has 1 aliphatic carbocycles. The SMILES string of the molecule is O=C(CC1CCCCC1)N1CCc2c(n(Cc3csc(C(F)(F)F)c3)c3ncccc23)C1. The molecule has 4 heterocycles. The molecule has 0 radical (unpaired) electrons. The van der Waals surface area contributed by atoms with Crippen molar-refractivity contribution in [2.24, 2.45) is 5.92 Å². The number of carbonyl (C=O) groups is 1. The van der Waals surface area contributed by atoms with Crippen LogP contribution < -0.4 is 0 Å². The number of thiophene rings is 1. The van der Waals surface area contributed by atoms with Crippen molar-refractivity contribution >= 4 is 28.3 Å². The van der Waals surface area contributed by atoms with E-state index in [0.29, 0.717) is 37.5 Å². The van der Waals surface area contributed by atoms with Gasteiger partial charge in [-0.05, 0) is 59.9 Å². The van der Waals surface area contributed by atoms with Crippen LogP contribution in [0.25, 0.3) is 11.0 Å². The lowest BCUT2D eigenvalue weighted by molar-refractivity contribution is -0.134. The maximum Gasteiger partial charge on any atom is 0.425 e. The van der Waals surface area contributed by atoms with Crippen LogP contribution in [-0.2, 0) is 30.5 Å². The summed E-state index contributed by atoms with van der Waals surface area (Å²) in [6, 6.07) is 5.13. The van der Waals surface area contributed by atoms with E-state index in [4.69, 9.17) is 0 Å². The van der Waals surface area contributed by atoms with E-state index >= 15 is 0 Å². The summed E-state index contributed by atoms with van der Waals surface area (Å²) in [5, 5.41) is 2.60. The normalized spacial score (nSPS) is 17.7. The molecule has 3 aromatic heterocycles. The van der Waals surface area contributed by atoms with E-state index < -0.39 is 11.1 Å². The van der Waals surface area contributed by atoms with Gasteiger partial charge in [0.2, 0.25) is 5.91 Å². The molecule has 1 saturated carbocycles. The molecule has 0 saturated heterocycles. The molecule has 0 N–H and O–H groups in total. The van der Waals surface area contributed by atoms with Crippen LogP contribution in [0, 0.1) is 5.92 Å². The number of hydrogen-bond acceptors (Lipinski definition) is 3. The topological polar surface area (TPSA) is 38.1 Å². The fourth-order valence-corrected chi connectivity index (χ4v) is 5.97. The molecule has 1 fully saturated rings. The summed E-state index contributed by atoms with van der Waals surface area (Å²) in [6.07, 6.45) is 4.69. The van der Waals surface area contributed by atoms with Crippen molar-refractivity contribution in [3.05, 3.63) is 51.5 Å². The fraction of sp³-hybridized carbons (Fsp3) is 0.500. The Hall–Kier alpha value is -2.35. The lowest BCUT2D eigenvalue weighted by atomic mass is 9.86. The molecule has 0 atom stereocenters. The van der Waals surface area contributed by atoms with Crippen molar-refractivity contribution in [3.8, 4) is 0 Å². The number of hydrogen-bond donors (Lipinski definition) is 0. The van der Waals surface area contributed by atoms with Crippen molar-refractivity contribution in [2.75, 3.05) is 6.54 Å². The molecular formula is C24H26F3N3OS. The molecule has 0 unspecified atom stereocenters. The highest BCUT2D eigenvalue weighted by atomic mass is 32.1. The maximum atomic E-state index is 13.1. The minimum Gasteiger partial charge on any atom is -0.337 e. The lowest BCUT2D eigenvalue weighted by Gasteiger charge is -2.30. The minimum absolute atomic E-state index is 0.196. The number of fused-ring (bicyclic) bond motifs is 3. The Labute approximate surface area is 189 Å². The first kappa shape index (κ1) is 21.5. The summed E-state index contributed by atoms with van der Waals surface area (Å²) < 4.78 is 41.3. The highest BCUT2D eigenvalue weighted by Crippen LogP contribution is 2.36. The first-order chi connectivity index (χ1) is 15.4. The number of carbonyl (C=O) groups excluding carboxylic acids is 1. The van der Waals surface area contributed by atoms with Gasteiger partial charge >= 0.3 is 6.18 Å². The monoisotopic (exact) mass is 461 g/mol. The van der Waals surface area contributed by atoms with Gasteiger partial charge < -0.3 is 9.47 Å².